The number of nitrogens with one attached hydrogen (secondary N) is 1. The van der Waals surface area contributed by atoms with Gasteiger partial charge in [-0.1, -0.05) is 13.8 Å². The van der Waals surface area contributed by atoms with E-state index >= 15 is 0 Å². The van der Waals surface area contributed by atoms with Crippen LogP contribution in [-0.2, 0) is 14.4 Å². The van der Waals surface area contributed by atoms with Crippen LogP contribution in [0.2, 0.25) is 0 Å². The summed E-state index contributed by atoms with van der Waals surface area (Å²) in [6.07, 6.45) is 0.390. The summed E-state index contributed by atoms with van der Waals surface area (Å²) in [7, 11) is 0. The minimum absolute atomic E-state index is 0.000875. The van der Waals surface area contributed by atoms with E-state index in [1.807, 2.05) is 34.6 Å². The highest BCUT2D eigenvalue weighted by molar-refractivity contribution is 6.09. The number of hydrogen-bond donors (Lipinski definition) is 2. The minimum Gasteiger partial charge on any atom is -0.390 e. The molecule has 4 aliphatic rings. The number of carbonyl (C=O) groups is 3. The van der Waals surface area contributed by atoms with Gasteiger partial charge >= 0.3 is 0 Å². The molecule has 25 heavy (non-hydrogen) atoms. The summed E-state index contributed by atoms with van der Waals surface area (Å²) < 4.78 is 0. The monoisotopic (exact) mass is 350 g/mol. The van der Waals surface area contributed by atoms with Crippen molar-refractivity contribution in [2.24, 2.45) is 29.1 Å². The number of rotatable bonds is 4. The highest BCUT2D eigenvalue weighted by atomic mass is 16.3. The smallest absolute Gasteiger partial charge is 0.233 e. The third-order valence-electron chi connectivity index (χ3n) is 6.19. The highest BCUT2D eigenvalue weighted by Crippen LogP contribution is 2.60. The second kappa shape index (κ2) is 5.88. The summed E-state index contributed by atoms with van der Waals surface area (Å²) in [5.41, 5.74) is -0.575. The first-order chi connectivity index (χ1) is 11.4. The molecule has 3 saturated carbocycles. The first-order valence-corrected chi connectivity index (χ1v) is 9.26. The Morgan fingerprint density at radius 1 is 1.24 bits per heavy atom. The van der Waals surface area contributed by atoms with Crippen molar-refractivity contribution in [1.29, 1.82) is 0 Å². The molecule has 6 heteroatoms. The van der Waals surface area contributed by atoms with Crippen LogP contribution >= 0.6 is 0 Å². The standard InChI is InChI=1S/C19H30N2O4/c1-10-6-19(5)7-12(23)13(10)14-15(19)17(25)21(16(14)24)9-11(22)8-20-18(2,3)4/h10-11,13-15,20,22H,6-9H2,1-5H3. The number of likely N-dealkylation sites (tertiary alicyclic amines) is 1. The molecule has 6 atom stereocenters. The van der Waals surface area contributed by atoms with Crippen LogP contribution in [0, 0.1) is 29.1 Å². The van der Waals surface area contributed by atoms with Crippen LogP contribution in [0.3, 0.4) is 0 Å². The lowest BCUT2D eigenvalue weighted by atomic mass is 9.48. The van der Waals surface area contributed by atoms with Crippen molar-refractivity contribution in [2.75, 3.05) is 13.1 Å². The van der Waals surface area contributed by atoms with E-state index in [1.54, 1.807) is 0 Å². The van der Waals surface area contributed by atoms with Gasteiger partial charge in [0.15, 0.2) is 0 Å². The summed E-state index contributed by atoms with van der Waals surface area (Å²) in [6.45, 7) is 10.3. The Morgan fingerprint density at radius 2 is 1.88 bits per heavy atom. The molecule has 0 aromatic carbocycles. The molecule has 1 aliphatic heterocycles. The zero-order chi connectivity index (χ0) is 18.7. The van der Waals surface area contributed by atoms with Crippen molar-refractivity contribution >= 4 is 17.6 Å². The fourth-order valence-electron chi connectivity index (χ4n) is 5.28. The number of imide groups is 1. The molecule has 0 spiro atoms. The number of fused-ring (bicyclic) bond motifs is 2. The van der Waals surface area contributed by atoms with Crippen LogP contribution < -0.4 is 5.32 Å². The molecular weight excluding hydrogens is 320 g/mol. The first kappa shape index (κ1) is 18.5. The molecule has 6 nitrogen and oxygen atoms in total. The molecule has 1 saturated heterocycles. The second-order valence-electron chi connectivity index (χ2n) is 9.58. The van der Waals surface area contributed by atoms with Gasteiger partial charge in [-0.15, -0.1) is 0 Å². The van der Waals surface area contributed by atoms with E-state index < -0.39 is 23.4 Å². The normalized spacial score (nSPS) is 39.1. The maximum Gasteiger partial charge on any atom is 0.233 e. The molecule has 2 amide bonds. The van der Waals surface area contributed by atoms with Gasteiger partial charge in [0.2, 0.25) is 11.8 Å². The van der Waals surface area contributed by atoms with E-state index in [4.69, 9.17) is 0 Å². The Kier molecular flexibility index (Phi) is 4.35. The van der Waals surface area contributed by atoms with E-state index in [0.717, 1.165) is 6.42 Å². The molecule has 2 N–H and O–H groups in total. The molecular formula is C19H30N2O4. The Bertz CT molecular complexity index is 611. The molecule has 2 bridgehead atoms. The van der Waals surface area contributed by atoms with Crippen molar-refractivity contribution in [1.82, 2.24) is 10.2 Å². The summed E-state index contributed by atoms with van der Waals surface area (Å²) >= 11 is 0. The third kappa shape index (κ3) is 3.04. The van der Waals surface area contributed by atoms with Gasteiger partial charge in [-0.25, -0.2) is 0 Å². The number of aliphatic hydroxyl groups is 1. The number of ketones is 1. The molecule has 0 aromatic heterocycles. The lowest BCUT2D eigenvalue weighted by molar-refractivity contribution is -0.157. The Hall–Kier alpha value is -1.27. The molecule has 4 rings (SSSR count). The van der Waals surface area contributed by atoms with E-state index in [-0.39, 0.29) is 41.5 Å². The number of hydrogen-bond acceptors (Lipinski definition) is 5. The third-order valence-corrected chi connectivity index (χ3v) is 6.19. The van der Waals surface area contributed by atoms with Gasteiger partial charge in [-0.2, -0.15) is 0 Å². The topological polar surface area (TPSA) is 86.7 Å². The second-order valence-corrected chi connectivity index (χ2v) is 9.58. The van der Waals surface area contributed by atoms with Crippen molar-refractivity contribution < 1.29 is 19.5 Å². The molecule has 140 valence electrons. The van der Waals surface area contributed by atoms with Gasteiger partial charge in [0, 0.05) is 24.4 Å². The van der Waals surface area contributed by atoms with E-state index in [9.17, 15) is 19.5 Å². The fourth-order valence-corrected chi connectivity index (χ4v) is 5.28. The molecule has 4 fully saturated rings. The van der Waals surface area contributed by atoms with Crippen LogP contribution in [-0.4, -0.2) is 52.3 Å². The minimum atomic E-state index is -0.814. The van der Waals surface area contributed by atoms with Crippen LogP contribution in [0.15, 0.2) is 0 Å². The number of β-amino-alcohol motifs (C(OH)–C–C–N with tert-alkyl or cyclic N) is 1. The number of Topliss-reactive ketones (excluding diaryl/α,β-unsaturated/α-hetero) is 1. The fraction of sp³-hybridized carbons (Fsp3) is 0.842. The van der Waals surface area contributed by atoms with Crippen LogP contribution in [0.1, 0.15) is 47.5 Å². The largest absolute Gasteiger partial charge is 0.390 e. The van der Waals surface area contributed by atoms with Gasteiger partial charge in [0.25, 0.3) is 0 Å². The number of aliphatic hydroxyl groups excluding tert-OH is 1. The van der Waals surface area contributed by atoms with Gasteiger partial charge in [-0.3, -0.25) is 19.3 Å². The summed E-state index contributed by atoms with van der Waals surface area (Å²) in [5.74, 6) is -1.46. The van der Waals surface area contributed by atoms with Crippen LogP contribution in [0.5, 0.6) is 0 Å². The van der Waals surface area contributed by atoms with Crippen LogP contribution in [0.4, 0.5) is 0 Å². The molecule has 1 heterocycles. The molecule has 0 radical (unpaired) electrons. The van der Waals surface area contributed by atoms with Gasteiger partial charge in [0.05, 0.1) is 24.5 Å². The lowest BCUT2D eigenvalue weighted by Crippen LogP contribution is -2.56. The Morgan fingerprint density at radius 3 is 2.44 bits per heavy atom. The van der Waals surface area contributed by atoms with Gasteiger partial charge < -0.3 is 10.4 Å². The van der Waals surface area contributed by atoms with Crippen molar-refractivity contribution in [3.05, 3.63) is 0 Å². The number of amides is 2. The predicted octanol–water partition coefficient (Wildman–Crippen LogP) is 0.972. The van der Waals surface area contributed by atoms with E-state index in [2.05, 4.69) is 5.32 Å². The lowest BCUT2D eigenvalue weighted by Gasteiger charge is -2.52. The van der Waals surface area contributed by atoms with Crippen LogP contribution in [0.25, 0.3) is 0 Å². The molecule has 3 aliphatic carbocycles. The Labute approximate surface area is 149 Å². The van der Waals surface area contributed by atoms with E-state index in [0.29, 0.717) is 13.0 Å². The zero-order valence-corrected chi connectivity index (χ0v) is 15.8. The highest BCUT2D eigenvalue weighted by Gasteiger charge is 2.67. The molecule has 6 unspecified atom stereocenters. The summed E-state index contributed by atoms with van der Waals surface area (Å²) in [4.78, 5) is 39.6. The quantitative estimate of drug-likeness (QED) is 0.738. The maximum atomic E-state index is 13.0. The summed E-state index contributed by atoms with van der Waals surface area (Å²) in [6, 6.07) is 0. The first-order valence-electron chi connectivity index (χ1n) is 9.26. The average Bonchev–Trinajstić information content (AvgIpc) is 2.70. The number of carbonyl (C=O) groups excluding carboxylic acids is 3. The van der Waals surface area contributed by atoms with E-state index in [1.165, 1.54) is 4.90 Å². The molecule has 0 aromatic rings. The summed E-state index contributed by atoms with van der Waals surface area (Å²) in [5, 5.41) is 13.5. The predicted molar refractivity (Wildman–Crippen MR) is 92.5 cm³/mol. The zero-order valence-electron chi connectivity index (χ0n) is 15.8. The SMILES string of the molecule is CC1CC2(C)CC(=O)C1C1C(=O)N(CC(O)CNC(C)(C)C)C(=O)C12. The number of nitrogens with zero attached hydrogens (tertiary/aromatic N) is 1. The van der Waals surface area contributed by atoms with Crippen molar-refractivity contribution in [3.8, 4) is 0 Å². The van der Waals surface area contributed by atoms with Gasteiger partial charge in [-0.05, 0) is 38.5 Å². The van der Waals surface area contributed by atoms with Crippen molar-refractivity contribution in [2.45, 2.75) is 59.1 Å². The average molecular weight is 350 g/mol. The van der Waals surface area contributed by atoms with Crippen molar-refractivity contribution in [3.63, 3.8) is 0 Å². The van der Waals surface area contributed by atoms with Gasteiger partial charge in [0.1, 0.15) is 5.78 Å². The Balaban J connectivity index is 1.78. The maximum absolute atomic E-state index is 13.0.